The van der Waals surface area contributed by atoms with Gasteiger partial charge in [-0.05, 0) is 74.5 Å². The molecule has 0 fully saturated rings. The van der Waals surface area contributed by atoms with Crippen molar-refractivity contribution in [2.45, 2.75) is 364 Å². The second kappa shape index (κ2) is 53.7. The molecule has 0 rings (SSSR count). The van der Waals surface area contributed by atoms with Crippen LogP contribution in [-0.2, 0) is 0 Å². The Bertz CT molecular complexity index is 1560. The molecule has 0 aliphatic carbocycles. The first-order valence-electron chi connectivity index (χ1n) is 31.9. The highest BCUT2D eigenvalue weighted by Gasteiger charge is 2.64. The van der Waals surface area contributed by atoms with Crippen molar-refractivity contribution in [3.63, 3.8) is 0 Å². The molecule has 0 saturated carbocycles. The van der Waals surface area contributed by atoms with Gasteiger partial charge in [0.25, 0.3) is 0 Å². The highest BCUT2D eigenvalue weighted by Crippen LogP contribution is 2.49. The van der Waals surface area contributed by atoms with Crippen molar-refractivity contribution in [2.24, 2.45) is 57.2 Å². The fraction of sp³-hybridized carbons (Fsp3) is 1.00. The summed E-state index contributed by atoms with van der Waals surface area (Å²) in [5.74, 6) is -3.56. The third kappa shape index (κ3) is 96.1. The number of rotatable bonds is 16. The molecule has 0 aliphatic rings. The smallest absolute Gasteiger partial charge is 0.171 e. The van der Waals surface area contributed by atoms with Crippen molar-refractivity contribution < 1.29 is 132 Å². The topological polar surface area (TPSA) is 0 Å². The Morgan fingerprint density at radius 2 is 0.495 bits per heavy atom. The summed E-state index contributed by atoms with van der Waals surface area (Å²) in [4.78, 5) is 0. The van der Waals surface area contributed by atoms with Crippen molar-refractivity contribution in [1.82, 2.24) is 0 Å². The van der Waals surface area contributed by atoms with Crippen molar-refractivity contribution in [3.8, 4) is 0 Å². The Morgan fingerprint density at radius 3 is 0.611 bits per heavy atom. The van der Waals surface area contributed by atoms with Crippen LogP contribution in [0.5, 0.6) is 0 Å². The summed E-state index contributed by atoms with van der Waals surface area (Å²) in [5.41, 5.74) is -4.10. The van der Waals surface area contributed by atoms with Gasteiger partial charge in [-0.2, -0.15) is 132 Å². The largest absolute Gasteiger partial charge is 0.402 e. The maximum atomic E-state index is 11.7. The molecule has 0 radical (unpaired) electrons. The van der Waals surface area contributed by atoms with Crippen LogP contribution in [0.2, 0.25) is 0 Å². The summed E-state index contributed by atoms with van der Waals surface area (Å²) in [6.45, 7) is 46.1. The summed E-state index contributed by atoms with van der Waals surface area (Å²) >= 11 is 0. The zero-order chi connectivity index (χ0) is 79.9. The van der Waals surface area contributed by atoms with Crippen LogP contribution in [0.1, 0.15) is 302 Å². The van der Waals surface area contributed by atoms with Gasteiger partial charge in [-0.3, -0.25) is 0 Å². The minimum atomic E-state index is -5.24. The van der Waals surface area contributed by atoms with Crippen molar-refractivity contribution >= 4 is 0 Å². The maximum Gasteiger partial charge on any atom is 0.402 e. The first kappa shape index (κ1) is 117. The molecule has 0 aromatic heterocycles. The highest BCUT2D eigenvalue weighted by molar-refractivity contribution is 4.84. The summed E-state index contributed by atoms with van der Waals surface area (Å²) in [7, 11) is 0. The second-order valence-electron chi connectivity index (χ2n) is 27.4. The molecule has 592 valence electrons. The summed E-state index contributed by atoms with van der Waals surface area (Å²) in [6, 6.07) is 0. The zero-order valence-corrected chi connectivity index (χ0v) is 61.2. The molecule has 30 heteroatoms. The third-order valence-corrected chi connectivity index (χ3v) is 13.6. The summed E-state index contributed by atoms with van der Waals surface area (Å²) in [5, 5.41) is 0. The van der Waals surface area contributed by atoms with Crippen molar-refractivity contribution in [2.75, 3.05) is 0 Å². The van der Waals surface area contributed by atoms with Crippen LogP contribution >= 0.6 is 0 Å². The Kier molecular flexibility index (Phi) is 66.1. The van der Waals surface area contributed by atoms with Gasteiger partial charge < -0.3 is 0 Å². The predicted octanol–water partition coefficient (Wildman–Crippen LogP) is 32.0. The van der Waals surface area contributed by atoms with Gasteiger partial charge >= 0.3 is 61.8 Å². The van der Waals surface area contributed by atoms with Crippen LogP contribution in [0, 0.1) is 57.2 Å². The van der Waals surface area contributed by atoms with E-state index >= 15 is 0 Å². The molecule has 0 heterocycles. The van der Waals surface area contributed by atoms with E-state index in [1.165, 1.54) is 39.5 Å². The average Bonchev–Trinajstić information content (AvgIpc) is 0.802. The SMILES string of the molecule is CC(C)(C(F)(F)F)C(F)(F)F.CC(C)(C)C(F)(F)F.CC(C)C(C)C.CCC(C)(C)C.CCC(C)(C)C.CCC(C)CC.CCCC(C(F)(F)F)C(F)(F)F.CCCCCC(F)(F)F.CCCCCCC(F)(F)F.CCC[C@H](C)C(F)(F)F.C[C@@H](CCC(F)(F)F)C(F)(F)F. The number of unbranched alkanes of at least 4 members (excludes halogenated alkanes) is 5. The minimum absolute atomic E-state index is 0.104. The number of alkyl halides is 30. The van der Waals surface area contributed by atoms with Gasteiger partial charge in [0.05, 0.1) is 17.3 Å². The first-order valence-corrected chi connectivity index (χ1v) is 31.9. The van der Waals surface area contributed by atoms with Gasteiger partial charge in [0.2, 0.25) is 0 Å². The molecule has 2 atom stereocenters. The number of hydrogen-bond donors (Lipinski definition) is 0. The predicted molar refractivity (Wildman–Crippen MR) is 326 cm³/mol. The highest BCUT2D eigenvalue weighted by atomic mass is 19.5. The number of hydrogen-bond acceptors (Lipinski definition) is 0. The molecule has 0 saturated heterocycles. The van der Waals surface area contributed by atoms with Crippen LogP contribution in [0.25, 0.3) is 0 Å². The van der Waals surface area contributed by atoms with E-state index in [0.717, 1.165) is 64.7 Å². The van der Waals surface area contributed by atoms with Gasteiger partial charge in [0.1, 0.15) is 0 Å². The fourth-order valence-electron chi connectivity index (χ4n) is 3.72. The van der Waals surface area contributed by atoms with Gasteiger partial charge in [-0.15, -0.1) is 0 Å². The molecule has 95 heavy (non-hydrogen) atoms. The van der Waals surface area contributed by atoms with Crippen molar-refractivity contribution in [3.05, 3.63) is 0 Å². The lowest BCUT2D eigenvalue weighted by molar-refractivity contribution is -0.327. The fourth-order valence-corrected chi connectivity index (χ4v) is 3.72. The second-order valence-corrected chi connectivity index (χ2v) is 27.4. The summed E-state index contributed by atoms with van der Waals surface area (Å²) in [6.07, 6.45) is -39.6. The molecule has 0 aromatic carbocycles. The first-order chi connectivity index (χ1) is 41.2. The van der Waals surface area contributed by atoms with Gasteiger partial charge in [0.15, 0.2) is 11.3 Å². The average molecular weight is 1470 g/mol. The minimum Gasteiger partial charge on any atom is -0.171 e. The van der Waals surface area contributed by atoms with Crippen LogP contribution < -0.4 is 0 Å². The Morgan fingerprint density at radius 1 is 0.263 bits per heavy atom. The molecular weight excluding hydrogens is 1350 g/mol. The zero-order valence-electron chi connectivity index (χ0n) is 61.2. The molecule has 0 aliphatic heterocycles. The molecular formula is C65H122F30. The van der Waals surface area contributed by atoms with Gasteiger partial charge in [-0.1, -0.05) is 237 Å². The standard InChI is InChI=1S/C7H13F3.2C6H8F6.2C6H11F3.4C6H14.C5H6F6.C5H9F3/c1-2-3-4-5-6-7(8,9)10;1-4(6(10,11)12)2-3-5(7,8)9;1-2-3-4(5(7,8)9)6(10,11)12;1-3-4-5(2)6(7,8)9;1-2-3-4-5-6(7,8)9;2*1-5-6(2,3)4;1-5(2)6(3)4;1-4-6(3)5-2;1-3(2,4(6,7)8)5(9,10)11;1-4(2,3)5(6,7)8/h2-6H2,1H3;2*4H,2-3H2,1H3;5H,3-4H2,1-2H3;2-5H2,1H3;2*5H2,1-4H3;5-6H,1-4H3;6H,4-5H2,1-3H3;1-2H3;1-3H3/t;4-;;5-;;;;;;;/m.0.0......./s1. The molecule has 0 aromatic rings. The normalized spacial score (nSPS) is 13.5. The molecule has 0 bridgehead atoms. The van der Waals surface area contributed by atoms with Crippen LogP contribution in [-0.4, -0.2) is 61.8 Å². The molecule has 0 amide bonds. The Labute approximate surface area is 551 Å². The molecule has 0 N–H and O–H groups in total. The van der Waals surface area contributed by atoms with E-state index in [9.17, 15) is 132 Å². The Hall–Kier alpha value is -2.10. The number of halogens is 30. The summed E-state index contributed by atoms with van der Waals surface area (Å²) < 4.78 is 347. The van der Waals surface area contributed by atoms with Crippen LogP contribution in [0.4, 0.5) is 132 Å². The van der Waals surface area contributed by atoms with E-state index in [1.807, 2.05) is 13.8 Å². The Balaban J connectivity index is -0.0000000916. The van der Waals surface area contributed by atoms with E-state index in [2.05, 4.69) is 104 Å². The lowest BCUT2D eigenvalue weighted by Crippen LogP contribution is -2.44. The van der Waals surface area contributed by atoms with Crippen molar-refractivity contribution in [1.29, 1.82) is 0 Å². The monoisotopic (exact) mass is 1470 g/mol. The van der Waals surface area contributed by atoms with E-state index < -0.39 is 122 Å². The molecule has 0 nitrogen and oxygen atoms in total. The lowest BCUT2D eigenvalue weighted by Gasteiger charge is -2.29. The van der Waals surface area contributed by atoms with Gasteiger partial charge in [-0.25, -0.2) is 0 Å². The van der Waals surface area contributed by atoms with Crippen LogP contribution in [0.3, 0.4) is 0 Å². The van der Waals surface area contributed by atoms with E-state index in [0.29, 0.717) is 30.1 Å². The maximum absolute atomic E-state index is 11.7. The van der Waals surface area contributed by atoms with E-state index in [-0.39, 0.29) is 39.5 Å². The third-order valence-electron chi connectivity index (χ3n) is 13.6. The van der Waals surface area contributed by atoms with E-state index in [4.69, 9.17) is 0 Å². The quantitative estimate of drug-likeness (QED) is 0.107. The van der Waals surface area contributed by atoms with Gasteiger partial charge in [0, 0.05) is 19.3 Å². The molecule has 0 spiro atoms. The lowest BCUT2D eigenvalue weighted by atomic mass is 9.92. The van der Waals surface area contributed by atoms with E-state index in [1.54, 1.807) is 6.92 Å². The molecule has 0 unspecified atom stereocenters. The van der Waals surface area contributed by atoms with Crippen LogP contribution in [0.15, 0.2) is 0 Å².